The summed E-state index contributed by atoms with van der Waals surface area (Å²) in [5, 5.41) is 8.84. The quantitative estimate of drug-likeness (QED) is 0.841. The third-order valence-corrected chi connectivity index (χ3v) is 4.89. The Morgan fingerprint density at radius 3 is 2.33 bits per heavy atom. The van der Waals surface area contributed by atoms with E-state index in [0.717, 1.165) is 57.9 Å². The minimum absolute atomic E-state index is 0.279. The van der Waals surface area contributed by atoms with Crippen LogP contribution in [0.5, 0.6) is 0 Å². The molecule has 2 fully saturated rings. The van der Waals surface area contributed by atoms with Gasteiger partial charge in [-0.15, -0.1) is 0 Å². The van der Waals surface area contributed by atoms with Gasteiger partial charge in [0, 0.05) is 45.5 Å². The van der Waals surface area contributed by atoms with Crippen LogP contribution in [-0.4, -0.2) is 66.5 Å². The molecular weight excluding hydrogens is 302 g/mol. The number of carbonyl (C=O) groups excluding carboxylic acids is 1. The highest BCUT2D eigenvalue weighted by Gasteiger charge is 2.22. The number of pyridine rings is 1. The molecular formula is C18H25N5O. The predicted molar refractivity (Wildman–Crippen MR) is 92.7 cm³/mol. The van der Waals surface area contributed by atoms with E-state index in [2.05, 4.69) is 20.9 Å². The molecule has 3 heterocycles. The fourth-order valence-electron chi connectivity index (χ4n) is 3.39. The molecule has 2 aliphatic rings. The number of amides is 1. The van der Waals surface area contributed by atoms with Crippen LogP contribution in [0.4, 0.5) is 5.82 Å². The van der Waals surface area contributed by atoms with Crippen LogP contribution in [0.25, 0.3) is 0 Å². The molecule has 0 aliphatic carbocycles. The number of nitrogens with zero attached hydrogens (tertiary/aromatic N) is 5. The Kier molecular flexibility index (Phi) is 5.65. The van der Waals surface area contributed by atoms with Crippen molar-refractivity contribution in [3.05, 3.63) is 23.9 Å². The van der Waals surface area contributed by atoms with E-state index in [-0.39, 0.29) is 5.91 Å². The van der Waals surface area contributed by atoms with E-state index in [0.29, 0.717) is 12.1 Å². The van der Waals surface area contributed by atoms with Crippen LogP contribution < -0.4 is 4.90 Å². The fourth-order valence-corrected chi connectivity index (χ4v) is 3.39. The van der Waals surface area contributed by atoms with Gasteiger partial charge in [0.15, 0.2) is 0 Å². The van der Waals surface area contributed by atoms with Crippen LogP contribution in [-0.2, 0) is 4.79 Å². The second kappa shape index (κ2) is 8.11. The summed E-state index contributed by atoms with van der Waals surface area (Å²) in [5.41, 5.74) is 0.584. The minimum atomic E-state index is 0.279. The molecule has 0 saturated carbocycles. The lowest BCUT2D eigenvalue weighted by Gasteiger charge is -2.36. The number of nitriles is 1. The molecule has 2 aliphatic heterocycles. The van der Waals surface area contributed by atoms with E-state index in [9.17, 15) is 4.79 Å². The van der Waals surface area contributed by atoms with Crippen molar-refractivity contribution in [2.24, 2.45) is 0 Å². The number of aromatic nitrogens is 1. The third-order valence-electron chi connectivity index (χ3n) is 4.89. The zero-order chi connectivity index (χ0) is 16.8. The summed E-state index contributed by atoms with van der Waals surface area (Å²) in [6.45, 7) is 5.87. The lowest BCUT2D eigenvalue weighted by Crippen LogP contribution is -2.50. The molecule has 6 heteroatoms. The molecule has 128 valence electrons. The second-order valence-corrected chi connectivity index (χ2v) is 6.58. The number of rotatable bonds is 3. The van der Waals surface area contributed by atoms with Crippen LogP contribution in [0.2, 0.25) is 0 Å². The average Bonchev–Trinajstić information content (AvgIpc) is 2.92. The molecule has 0 radical (unpaired) electrons. The van der Waals surface area contributed by atoms with Gasteiger partial charge in [-0.2, -0.15) is 5.26 Å². The van der Waals surface area contributed by atoms with E-state index in [1.54, 1.807) is 12.3 Å². The number of likely N-dealkylation sites (tertiary alicyclic amines) is 1. The zero-order valence-corrected chi connectivity index (χ0v) is 14.2. The van der Waals surface area contributed by atoms with Gasteiger partial charge in [0.05, 0.1) is 12.1 Å². The number of carbonyl (C=O) groups is 1. The third kappa shape index (κ3) is 4.24. The molecule has 0 N–H and O–H groups in total. The molecule has 0 aromatic carbocycles. The highest BCUT2D eigenvalue weighted by atomic mass is 16.2. The van der Waals surface area contributed by atoms with Crippen molar-refractivity contribution < 1.29 is 4.79 Å². The van der Waals surface area contributed by atoms with Gasteiger partial charge in [-0.05, 0) is 25.0 Å². The van der Waals surface area contributed by atoms with Crippen molar-refractivity contribution >= 4 is 11.7 Å². The van der Waals surface area contributed by atoms with Crippen molar-refractivity contribution in [1.82, 2.24) is 14.8 Å². The molecule has 1 aromatic heterocycles. The Morgan fingerprint density at radius 1 is 1.04 bits per heavy atom. The van der Waals surface area contributed by atoms with Crippen LogP contribution in [0.1, 0.15) is 31.2 Å². The van der Waals surface area contributed by atoms with Crippen molar-refractivity contribution in [1.29, 1.82) is 5.26 Å². The number of hydrogen-bond acceptors (Lipinski definition) is 5. The second-order valence-electron chi connectivity index (χ2n) is 6.58. The van der Waals surface area contributed by atoms with Gasteiger partial charge in [-0.1, -0.05) is 12.8 Å². The summed E-state index contributed by atoms with van der Waals surface area (Å²) in [5.74, 6) is 1.19. The van der Waals surface area contributed by atoms with Gasteiger partial charge in [-0.25, -0.2) is 4.98 Å². The standard InChI is InChI=1S/C18H25N5O/c19-13-16-5-6-17(20-14-16)22-11-9-21(10-12-22)15-18(24)23-7-3-1-2-4-8-23/h5-6,14H,1-4,7-12,15H2. The first-order valence-corrected chi connectivity index (χ1v) is 8.87. The van der Waals surface area contributed by atoms with Crippen molar-refractivity contribution in [2.45, 2.75) is 25.7 Å². The number of hydrogen-bond donors (Lipinski definition) is 0. The molecule has 24 heavy (non-hydrogen) atoms. The molecule has 3 rings (SSSR count). The maximum Gasteiger partial charge on any atom is 0.236 e. The van der Waals surface area contributed by atoms with Gasteiger partial charge < -0.3 is 9.80 Å². The van der Waals surface area contributed by atoms with Crippen LogP contribution in [0.3, 0.4) is 0 Å². The molecule has 0 bridgehead atoms. The molecule has 1 aromatic rings. The lowest BCUT2D eigenvalue weighted by atomic mass is 10.2. The minimum Gasteiger partial charge on any atom is -0.354 e. The van der Waals surface area contributed by atoms with Crippen LogP contribution >= 0.6 is 0 Å². The summed E-state index contributed by atoms with van der Waals surface area (Å²) in [7, 11) is 0. The summed E-state index contributed by atoms with van der Waals surface area (Å²) in [6, 6.07) is 5.79. The maximum absolute atomic E-state index is 12.5. The van der Waals surface area contributed by atoms with Crippen molar-refractivity contribution in [2.75, 3.05) is 50.7 Å². The van der Waals surface area contributed by atoms with Crippen molar-refractivity contribution in [3.8, 4) is 6.07 Å². The van der Waals surface area contributed by atoms with E-state index in [1.807, 2.05) is 11.0 Å². The Labute approximate surface area is 143 Å². The monoisotopic (exact) mass is 327 g/mol. The predicted octanol–water partition coefficient (Wildman–Crippen LogP) is 1.48. The van der Waals surface area contributed by atoms with Gasteiger partial charge in [0.25, 0.3) is 0 Å². The van der Waals surface area contributed by atoms with Crippen LogP contribution in [0.15, 0.2) is 18.3 Å². The van der Waals surface area contributed by atoms with Crippen LogP contribution in [0, 0.1) is 11.3 Å². The zero-order valence-electron chi connectivity index (χ0n) is 14.2. The van der Waals surface area contributed by atoms with Gasteiger partial charge in [0.1, 0.15) is 11.9 Å². The summed E-state index contributed by atoms with van der Waals surface area (Å²) < 4.78 is 0. The SMILES string of the molecule is N#Cc1ccc(N2CCN(CC(=O)N3CCCCCC3)CC2)nc1. The average molecular weight is 327 g/mol. The summed E-state index contributed by atoms with van der Waals surface area (Å²) in [4.78, 5) is 23.3. The van der Waals surface area contributed by atoms with E-state index < -0.39 is 0 Å². The molecule has 2 saturated heterocycles. The first-order valence-electron chi connectivity index (χ1n) is 8.87. The normalized spacial score (nSPS) is 19.6. The highest BCUT2D eigenvalue weighted by Crippen LogP contribution is 2.15. The molecule has 0 unspecified atom stereocenters. The van der Waals surface area contributed by atoms with E-state index in [4.69, 9.17) is 5.26 Å². The summed E-state index contributed by atoms with van der Waals surface area (Å²) in [6.07, 6.45) is 6.40. The molecule has 6 nitrogen and oxygen atoms in total. The fraction of sp³-hybridized carbons (Fsp3) is 0.611. The topological polar surface area (TPSA) is 63.5 Å². The Hall–Kier alpha value is -2.13. The number of piperazine rings is 1. The molecule has 1 amide bonds. The smallest absolute Gasteiger partial charge is 0.236 e. The van der Waals surface area contributed by atoms with Gasteiger partial charge in [-0.3, -0.25) is 9.69 Å². The van der Waals surface area contributed by atoms with Crippen molar-refractivity contribution in [3.63, 3.8) is 0 Å². The Balaban J connectivity index is 1.47. The van der Waals surface area contributed by atoms with E-state index >= 15 is 0 Å². The van der Waals surface area contributed by atoms with E-state index in [1.165, 1.54) is 12.8 Å². The molecule has 0 spiro atoms. The van der Waals surface area contributed by atoms with Gasteiger partial charge in [0.2, 0.25) is 5.91 Å². The summed E-state index contributed by atoms with van der Waals surface area (Å²) >= 11 is 0. The maximum atomic E-state index is 12.5. The van der Waals surface area contributed by atoms with Gasteiger partial charge >= 0.3 is 0 Å². The largest absolute Gasteiger partial charge is 0.354 e. The Bertz CT molecular complexity index is 578. The number of anilines is 1. The first kappa shape index (κ1) is 16.7. The Morgan fingerprint density at radius 2 is 1.75 bits per heavy atom. The lowest BCUT2D eigenvalue weighted by molar-refractivity contribution is -0.132. The molecule has 0 atom stereocenters. The first-order chi connectivity index (χ1) is 11.8. The highest BCUT2D eigenvalue weighted by molar-refractivity contribution is 5.78.